The van der Waals surface area contributed by atoms with Crippen molar-refractivity contribution in [3.05, 3.63) is 29.3 Å². The van der Waals surface area contributed by atoms with Gasteiger partial charge in [-0.05, 0) is 44.5 Å². The van der Waals surface area contributed by atoms with Crippen molar-refractivity contribution in [2.45, 2.75) is 44.4 Å². The van der Waals surface area contributed by atoms with Crippen LogP contribution >= 0.6 is 12.4 Å². The summed E-state index contributed by atoms with van der Waals surface area (Å²) in [6, 6.07) is 4.45. The number of fused-ring (bicyclic) bond motifs is 1. The first kappa shape index (κ1) is 22.2. The fourth-order valence-electron chi connectivity index (χ4n) is 4.04. The number of benzene rings is 1. The quantitative estimate of drug-likeness (QED) is 0.581. The van der Waals surface area contributed by atoms with E-state index in [0.29, 0.717) is 23.2 Å². The summed E-state index contributed by atoms with van der Waals surface area (Å²) in [5.41, 5.74) is 1.69. The summed E-state index contributed by atoms with van der Waals surface area (Å²) < 4.78 is 5.68. The van der Waals surface area contributed by atoms with Crippen LogP contribution < -0.4 is 16.0 Å². The maximum Gasteiger partial charge on any atom is 0.255 e. The summed E-state index contributed by atoms with van der Waals surface area (Å²) in [6.45, 7) is 1.94. The number of carbonyl (C=O) groups is 4. The van der Waals surface area contributed by atoms with Gasteiger partial charge >= 0.3 is 0 Å². The lowest BCUT2D eigenvalue weighted by Crippen LogP contribution is -2.52. The van der Waals surface area contributed by atoms with Gasteiger partial charge in [-0.3, -0.25) is 24.5 Å². The number of ether oxygens (including phenoxy) is 1. The van der Waals surface area contributed by atoms with Crippen molar-refractivity contribution >= 4 is 41.7 Å². The van der Waals surface area contributed by atoms with E-state index in [0.717, 1.165) is 25.9 Å². The lowest BCUT2D eigenvalue weighted by molar-refractivity contribution is -0.137. The van der Waals surface area contributed by atoms with E-state index in [1.165, 1.54) is 4.90 Å². The lowest BCUT2D eigenvalue weighted by atomic mass is 10.0. The molecule has 10 heteroatoms. The zero-order valence-corrected chi connectivity index (χ0v) is 17.3. The van der Waals surface area contributed by atoms with Gasteiger partial charge in [0, 0.05) is 29.8 Å². The molecular formula is C20H25ClN4O5. The highest BCUT2D eigenvalue weighted by atomic mass is 35.5. The van der Waals surface area contributed by atoms with Crippen LogP contribution in [-0.4, -0.2) is 60.4 Å². The van der Waals surface area contributed by atoms with E-state index in [2.05, 4.69) is 16.0 Å². The number of piperidine rings is 2. The molecule has 2 saturated heterocycles. The van der Waals surface area contributed by atoms with Gasteiger partial charge in [0.25, 0.3) is 5.91 Å². The Labute approximate surface area is 180 Å². The van der Waals surface area contributed by atoms with Crippen LogP contribution in [0.4, 0.5) is 5.69 Å². The van der Waals surface area contributed by atoms with Gasteiger partial charge in [-0.25, -0.2) is 0 Å². The van der Waals surface area contributed by atoms with Crippen LogP contribution in [0.5, 0.6) is 0 Å². The van der Waals surface area contributed by atoms with Gasteiger partial charge in [0.1, 0.15) is 12.6 Å². The molecule has 0 bridgehead atoms. The maximum atomic E-state index is 12.8. The van der Waals surface area contributed by atoms with Crippen LogP contribution in [-0.2, 0) is 25.7 Å². The molecule has 1 aromatic rings. The van der Waals surface area contributed by atoms with Gasteiger partial charge in [-0.1, -0.05) is 6.07 Å². The normalized spacial score (nSPS) is 21.7. The van der Waals surface area contributed by atoms with Gasteiger partial charge < -0.3 is 20.3 Å². The minimum atomic E-state index is -0.681. The number of nitrogens with zero attached hydrogens (tertiary/aromatic N) is 1. The molecule has 162 valence electrons. The van der Waals surface area contributed by atoms with Crippen LogP contribution in [0.3, 0.4) is 0 Å². The van der Waals surface area contributed by atoms with Gasteiger partial charge in [-0.15, -0.1) is 12.4 Å². The third-order valence-electron chi connectivity index (χ3n) is 5.59. The number of amides is 4. The topological polar surface area (TPSA) is 117 Å². The van der Waals surface area contributed by atoms with Crippen molar-refractivity contribution in [3.8, 4) is 0 Å². The third-order valence-corrected chi connectivity index (χ3v) is 5.59. The second-order valence-corrected chi connectivity index (χ2v) is 7.54. The van der Waals surface area contributed by atoms with Gasteiger partial charge in [-0.2, -0.15) is 0 Å². The Hall–Kier alpha value is -2.49. The molecule has 0 radical (unpaired) electrons. The summed E-state index contributed by atoms with van der Waals surface area (Å²) >= 11 is 0. The molecule has 0 aliphatic carbocycles. The van der Waals surface area contributed by atoms with Crippen LogP contribution in [0.1, 0.15) is 41.6 Å². The summed E-state index contributed by atoms with van der Waals surface area (Å²) in [6.07, 6.45) is 2.34. The second-order valence-electron chi connectivity index (χ2n) is 7.54. The number of imide groups is 1. The Morgan fingerprint density at radius 1 is 1.17 bits per heavy atom. The van der Waals surface area contributed by atoms with E-state index < -0.39 is 11.9 Å². The molecule has 0 saturated carbocycles. The molecule has 0 spiro atoms. The Kier molecular flexibility index (Phi) is 7.06. The van der Waals surface area contributed by atoms with E-state index in [1.54, 1.807) is 18.2 Å². The first-order chi connectivity index (χ1) is 14.0. The van der Waals surface area contributed by atoms with Gasteiger partial charge in [0.15, 0.2) is 0 Å². The molecule has 3 aliphatic heterocycles. The molecule has 1 unspecified atom stereocenters. The molecule has 3 heterocycles. The number of hydrogen-bond donors (Lipinski definition) is 3. The smallest absolute Gasteiger partial charge is 0.255 e. The molecular weight excluding hydrogens is 412 g/mol. The molecule has 3 aliphatic rings. The molecule has 1 atom stereocenters. The molecule has 4 amide bonds. The number of halogens is 1. The monoisotopic (exact) mass is 436 g/mol. The SMILES string of the molecule is Cl.O=C1CCC(N2Cc3c(NC(=O)COC4CCNCC4)cccc3C2=O)C(=O)N1. The molecule has 9 nitrogen and oxygen atoms in total. The molecule has 4 rings (SSSR count). The Balaban J connectivity index is 0.00000256. The lowest BCUT2D eigenvalue weighted by Gasteiger charge is -2.29. The van der Waals surface area contributed by atoms with Crippen molar-refractivity contribution in [1.29, 1.82) is 0 Å². The zero-order chi connectivity index (χ0) is 20.4. The first-order valence-corrected chi connectivity index (χ1v) is 9.91. The van der Waals surface area contributed by atoms with E-state index in [1.807, 2.05) is 0 Å². The van der Waals surface area contributed by atoms with Crippen LogP contribution in [0.15, 0.2) is 18.2 Å². The molecule has 3 N–H and O–H groups in total. The van der Waals surface area contributed by atoms with Crippen molar-refractivity contribution in [2.24, 2.45) is 0 Å². The number of hydrogen-bond acceptors (Lipinski definition) is 6. The second kappa shape index (κ2) is 9.55. The highest BCUT2D eigenvalue weighted by molar-refractivity contribution is 6.06. The molecule has 30 heavy (non-hydrogen) atoms. The van der Waals surface area contributed by atoms with E-state index in [9.17, 15) is 19.2 Å². The van der Waals surface area contributed by atoms with Crippen molar-refractivity contribution < 1.29 is 23.9 Å². The first-order valence-electron chi connectivity index (χ1n) is 9.91. The van der Waals surface area contributed by atoms with Crippen molar-refractivity contribution in [3.63, 3.8) is 0 Å². The zero-order valence-electron chi connectivity index (χ0n) is 16.4. The highest BCUT2D eigenvalue weighted by Gasteiger charge is 2.39. The largest absolute Gasteiger partial charge is 0.368 e. The molecule has 0 aromatic heterocycles. The van der Waals surface area contributed by atoms with Crippen molar-refractivity contribution in [2.75, 3.05) is 25.0 Å². The minimum absolute atomic E-state index is 0. The Morgan fingerprint density at radius 2 is 1.93 bits per heavy atom. The van der Waals surface area contributed by atoms with E-state index in [-0.39, 0.29) is 55.8 Å². The number of anilines is 1. The van der Waals surface area contributed by atoms with Gasteiger partial charge in [0.2, 0.25) is 17.7 Å². The van der Waals surface area contributed by atoms with Gasteiger partial charge in [0.05, 0.1) is 6.10 Å². The molecule has 2 fully saturated rings. The summed E-state index contributed by atoms with van der Waals surface area (Å²) in [5, 5.41) is 8.36. The fourth-order valence-corrected chi connectivity index (χ4v) is 4.04. The van der Waals surface area contributed by atoms with E-state index in [4.69, 9.17) is 4.74 Å². The average Bonchev–Trinajstić information content (AvgIpc) is 3.05. The van der Waals surface area contributed by atoms with Crippen LogP contribution in [0.25, 0.3) is 0 Å². The summed E-state index contributed by atoms with van der Waals surface area (Å²) in [4.78, 5) is 50.2. The fraction of sp³-hybridized carbons (Fsp3) is 0.500. The van der Waals surface area contributed by atoms with Crippen LogP contribution in [0, 0.1) is 0 Å². The Morgan fingerprint density at radius 3 is 2.67 bits per heavy atom. The number of nitrogens with one attached hydrogen (secondary N) is 3. The maximum absolute atomic E-state index is 12.8. The molecule has 1 aromatic carbocycles. The standard InChI is InChI=1S/C20H24N4O5.ClH/c25-17-5-4-16(19(27)23-17)24-10-14-13(20(24)28)2-1-3-15(14)22-18(26)11-29-12-6-8-21-9-7-12;/h1-3,12,16,21H,4-11H2,(H,22,26)(H,23,25,27);1H. The minimum Gasteiger partial charge on any atom is -0.368 e. The Bertz CT molecular complexity index is 856. The van der Waals surface area contributed by atoms with E-state index >= 15 is 0 Å². The highest BCUT2D eigenvalue weighted by Crippen LogP contribution is 2.32. The number of carbonyl (C=O) groups excluding carboxylic acids is 4. The third kappa shape index (κ3) is 4.63. The number of rotatable bonds is 5. The van der Waals surface area contributed by atoms with Crippen LogP contribution in [0.2, 0.25) is 0 Å². The average molecular weight is 437 g/mol. The predicted octanol–water partition coefficient (Wildman–Crippen LogP) is 0.576. The summed E-state index contributed by atoms with van der Waals surface area (Å²) in [7, 11) is 0. The summed E-state index contributed by atoms with van der Waals surface area (Å²) in [5.74, 6) is -1.32. The predicted molar refractivity (Wildman–Crippen MR) is 110 cm³/mol. The van der Waals surface area contributed by atoms with Crippen molar-refractivity contribution in [1.82, 2.24) is 15.5 Å².